The molecule has 5 nitrogen and oxygen atoms in total. The Morgan fingerprint density at radius 3 is 2.50 bits per heavy atom. The molecule has 5 heteroatoms. The van der Waals surface area contributed by atoms with Gasteiger partial charge in [-0.1, -0.05) is 6.92 Å². The molecule has 116 valence electrons. The van der Waals surface area contributed by atoms with Crippen LogP contribution < -0.4 is 5.32 Å². The van der Waals surface area contributed by atoms with Crippen LogP contribution in [0.4, 0.5) is 0 Å². The minimum absolute atomic E-state index is 0.286. The van der Waals surface area contributed by atoms with Gasteiger partial charge in [-0.25, -0.2) is 0 Å². The highest BCUT2D eigenvalue weighted by Crippen LogP contribution is 2.40. The molecule has 2 aliphatic rings. The minimum atomic E-state index is -0.761. The fraction of sp³-hybridized carbons (Fsp3) is 0.933. The quantitative estimate of drug-likeness (QED) is 0.704. The molecule has 1 heterocycles. The van der Waals surface area contributed by atoms with E-state index in [1.807, 2.05) is 0 Å². The van der Waals surface area contributed by atoms with Crippen LogP contribution in [0, 0.1) is 5.92 Å². The Bertz CT molecular complexity index is 327. The van der Waals surface area contributed by atoms with Gasteiger partial charge >= 0.3 is 5.97 Å². The molecular weight excluding hydrogens is 256 g/mol. The lowest BCUT2D eigenvalue weighted by molar-refractivity contribution is -0.147. The lowest BCUT2D eigenvalue weighted by Crippen LogP contribution is -2.61. The van der Waals surface area contributed by atoms with Gasteiger partial charge in [0.15, 0.2) is 0 Å². The van der Waals surface area contributed by atoms with E-state index in [4.69, 9.17) is 4.74 Å². The molecule has 2 N–H and O–H groups in total. The SMILES string of the molecule is CCCNC(CN(C)C1CCOCC1)(C(=O)O)C1CC1. The molecule has 2 fully saturated rings. The molecule has 1 aliphatic heterocycles. The summed E-state index contributed by atoms with van der Waals surface area (Å²) in [7, 11) is 2.06. The zero-order valence-electron chi connectivity index (χ0n) is 12.7. The highest BCUT2D eigenvalue weighted by molar-refractivity contribution is 5.80. The predicted octanol–water partition coefficient (Wildman–Crippen LogP) is 1.33. The third-order valence-corrected chi connectivity index (χ3v) is 4.66. The van der Waals surface area contributed by atoms with Crippen LogP contribution in [0.2, 0.25) is 0 Å². The summed E-state index contributed by atoms with van der Waals surface area (Å²) in [6, 6.07) is 0.449. The molecule has 1 saturated carbocycles. The van der Waals surface area contributed by atoms with Gasteiger partial charge in [0.1, 0.15) is 5.54 Å². The van der Waals surface area contributed by atoms with Gasteiger partial charge in [0.25, 0.3) is 0 Å². The van der Waals surface area contributed by atoms with Gasteiger partial charge in [-0.2, -0.15) is 0 Å². The largest absolute Gasteiger partial charge is 0.480 e. The number of rotatable bonds is 8. The molecule has 1 saturated heterocycles. The maximum atomic E-state index is 11.9. The van der Waals surface area contributed by atoms with E-state index < -0.39 is 11.5 Å². The van der Waals surface area contributed by atoms with Crippen LogP contribution >= 0.6 is 0 Å². The van der Waals surface area contributed by atoms with E-state index in [0.29, 0.717) is 12.6 Å². The van der Waals surface area contributed by atoms with Crippen LogP contribution in [0.15, 0.2) is 0 Å². The number of ether oxygens (including phenoxy) is 1. The summed E-state index contributed by atoms with van der Waals surface area (Å²) < 4.78 is 5.39. The molecule has 1 unspecified atom stereocenters. The van der Waals surface area contributed by atoms with Gasteiger partial charge in [0.05, 0.1) is 0 Å². The maximum absolute atomic E-state index is 11.9. The molecule has 0 aromatic rings. The van der Waals surface area contributed by atoms with Crippen molar-refractivity contribution in [1.82, 2.24) is 10.2 Å². The first-order chi connectivity index (χ1) is 9.60. The van der Waals surface area contributed by atoms with Gasteiger partial charge < -0.3 is 20.1 Å². The smallest absolute Gasteiger partial charge is 0.325 e. The number of carbonyl (C=O) groups is 1. The summed E-state index contributed by atoms with van der Waals surface area (Å²) in [5, 5.41) is 13.1. The molecule has 0 amide bonds. The number of likely N-dealkylation sites (N-methyl/N-ethyl adjacent to an activating group) is 1. The molecule has 20 heavy (non-hydrogen) atoms. The van der Waals surface area contributed by atoms with Crippen LogP contribution in [-0.4, -0.2) is 60.9 Å². The predicted molar refractivity (Wildman–Crippen MR) is 77.9 cm³/mol. The maximum Gasteiger partial charge on any atom is 0.325 e. The molecular formula is C15H28N2O3. The second-order valence-electron chi connectivity index (χ2n) is 6.24. The van der Waals surface area contributed by atoms with Crippen LogP contribution in [0.5, 0.6) is 0 Å². The first-order valence-electron chi connectivity index (χ1n) is 7.86. The monoisotopic (exact) mass is 284 g/mol. The Hall–Kier alpha value is -0.650. The lowest BCUT2D eigenvalue weighted by atomic mass is 9.91. The van der Waals surface area contributed by atoms with E-state index in [-0.39, 0.29) is 5.92 Å². The molecule has 0 spiro atoms. The van der Waals surface area contributed by atoms with Gasteiger partial charge in [-0.15, -0.1) is 0 Å². The average Bonchev–Trinajstić information content (AvgIpc) is 3.28. The third kappa shape index (κ3) is 3.51. The van der Waals surface area contributed by atoms with Crippen LogP contribution in [0.25, 0.3) is 0 Å². The second kappa shape index (κ2) is 6.87. The first kappa shape index (κ1) is 15.7. The molecule has 0 aromatic heterocycles. The van der Waals surface area contributed by atoms with Gasteiger partial charge in [-0.05, 0) is 51.6 Å². The highest BCUT2D eigenvalue weighted by Gasteiger charge is 2.51. The van der Waals surface area contributed by atoms with Crippen molar-refractivity contribution in [1.29, 1.82) is 0 Å². The normalized spacial score (nSPS) is 23.8. The molecule has 1 atom stereocenters. The first-order valence-corrected chi connectivity index (χ1v) is 7.86. The average molecular weight is 284 g/mol. The fourth-order valence-electron chi connectivity index (χ4n) is 3.22. The minimum Gasteiger partial charge on any atom is -0.480 e. The van der Waals surface area contributed by atoms with E-state index >= 15 is 0 Å². The van der Waals surface area contributed by atoms with Gasteiger partial charge in [0.2, 0.25) is 0 Å². The summed E-state index contributed by atoms with van der Waals surface area (Å²) >= 11 is 0. The molecule has 2 rings (SSSR count). The molecule has 0 bridgehead atoms. The van der Waals surface area contributed by atoms with E-state index in [1.54, 1.807) is 0 Å². The van der Waals surface area contributed by atoms with Crippen LogP contribution in [0.3, 0.4) is 0 Å². The van der Waals surface area contributed by atoms with Crippen molar-refractivity contribution in [2.45, 2.75) is 50.6 Å². The Morgan fingerprint density at radius 1 is 1.35 bits per heavy atom. The Labute approximate surface area is 121 Å². The van der Waals surface area contributed by atoms with Crippen molar-refractivity contribution in [2.24, 2.45) is 5.92 Å². The van der Waals surface area contributed by atoms with E-state index in [9.17, 15) is 9.90 Å². The standard InChI is InChI=1S/C15H28N2O3/c1-3-8-16-15(14(18)19,12-4-5-12)11-17(2)13-6-9-20-10-7-13/h12-13,16H,3-11H2,1-2H3,(H,18,19). The number of carboxylic acid groups (broad SMARTS) is 1. The number of carboxylic acids is 1. The summed E-state index contributed by atoms with van der Waals surface area (Å²) in [6.45, 7) is 5.03. The topological polar surface area (TPSA) is 61.8 Å². The number of hydrogen-bond donors (Lipinski definition) is 2. The Balaban J connectivity index is 2.03. The zero-order valence-corrected chi connectivity index (χ0v) is 12.7. The summed E-state index contributed by atoms with van der Waals surface area (Å²) in [5.74, 6) is -0.402. The van der Waals surface area contributed by atoms with Crippen molar-refractivity contribution in [3.63, 3.8) is 0 Å². The van der Waals surface area contributed by atoms with Crippen molar-refractivity contribution in [3.8, 4) is 0 Å². The Kier molecular flexibility index (Phi) is 5.41. The van der Waals surface area contributed by atoms with Crippen LogP contribution in [-0.2, 0) is 9.53 Å². The zero-order chi connectivity index (χ0) is 14.6. The number of aliphatic carboxylic acids is 1. The van der Waals surface area contributed by atoms with Crippen molar-refractivity contribution < 1.29 is 14.6 Å². The van der Waals surface area contributed by atoms with Crippen molar-refractivity contribution >= 4 is 5.97 Å². The van der Waals surface area contributed by atoms with Crippen molar-refractivity contribution in [3.05, 3.63) is 0 Å². The van der Waals surface area contributed by atoms with E-state index in [0.717, 1.165) is 51.9 Å². The molecule has 0 aromatic carbocycles. The Morgan fingerprint density at radius 2 is 2.00 bits per heavy atom. The summed E-state index contributed by atoms with van der Waals surface area (Å²) in [6.07, 6.45) is 5.04. The lowest BCUT2D eigenvalue weighted by Gasteiger charge is -2.39. The van der Waals surface area contributed by atoms with Crippen molar-refractivity contribution in [2.75, 3.05) is 33.4 Å². The second-order valence-corrected chi connectivity index (χ2v) is 6.24. The summed E-state index contributed by atoms with van der Waals surface area (Å²) in [4.78, 5) is 14.1. The number of nitrogens with zero attached hydrogens (tertiary/aromatic N) is 1. The fourth-order valence-corrected chi connectivity index (χ4v) is 3.22. The van der Waals surface area contributed by atoms with E-state index in [1.165, 1.54) is 0 Å². The molecule has 1 aliphatic carbocycles. The summed E-state index contributed by atoms with van der Waals surface area (Å²) in [5.41, 5.74) is -0.761. The van der Waals surface area contributed by atoms with E-state index in [2.05, 4.69) is 24.2 Å². The third-order valence-electron chi connectivity index (χ3n) is 4.66. The van der Waals surface area contributed by atoms with Gasteiger partial charge in [0, 0.05) is 25.8 Å². The molecule has 0 radical (unpaired) electrons. The number of hydrogen-bond acceptors (Lipinski definition) is 4. The number of nitrogens with one attached hydrogen (secondary N) is 1. The highest BCUT2D eigenvalue weighted by atomic mass is 16.5. The van der Waals surface area contributed by atoms with Crippen LogP contribution in [0.1, 0.15) is 39.0 Å². The van der Waals surface area contributed by atoms with Gasteiger partial charge in [-0.3, -0.25) is 4.79 Å².